The van der Waals surface area contributed by atoms with Gasteiger partial charge in [0.1, 0.15) is 0 Å². The first-order valence-electron chi connectivity index (χ1n) is 5.36. The fourth-order valence-corrected chi connectivity index (χ4v) is 1.24. The molecule has 0 amide bonds. The van der Waals surface area contributed by atoms with Crippen LogP contribution in [0.2, 0.25) is 0 Å². The average molecular weight is 249 g/mol. The number of nitrogens with one attached hydrogen (secondary N) is 1. The average Bonchev–Trinajstić information content (AvgIpc) is 2.28. The van der Waals surface area contributed by atoms with E-state index in [-0.39, 0.29) is 5.96 Å². The van der Waals surface area contributed by atoms with Crippen molar-refractivity contribution in [2.24, 2.45) is 15.9 Å². The maximum atomic E-state index is 10.0. The van der Waals surface area contributed by atoms with Gasteiger partial charge in [-0.3, -0.25) is 0 Å². The third-order valence-corrected chi connectivity index (χ3v) is 2.18. The molecule has 0 aromatic heterocycles. The van der Waals surface area contributed by atoms with E-state index in [4.69, 9.17) is 5.73 Å². The van der Waals surface area contributed by atoms with E-state index in [0.29, 0.717) is 5.92 Å². The summed E-state index contributed by atoms with van der Waals surface area (Å²) >= 11 is 0. The minimum absolute atomic E-state index is 0.366. The molecular formula is C11H15N5O2. The Morgan fingerprint density at radius 3 is 2.56 bits per heavy atom. The molecule has 1 aromatic rings. The lowest BCUT2D eigenvalue weighted by Crippen LogP contribution is -2.35. The van der Waals surface area contributed by atoms with E-state index >= 15 is 0 Å². The van der Waals surface area contributed by atoms with Crippen LogP contribution in [-0.2, 0) is 0 Å². The molecule has 0 aliphatic rings. The van der Waals surface area contributed by atoms with Gasteiger partial charge in [-0.15, -0.1) is 5.10 Å². The Hall–Kier alpha value is -2.44. The summed E-state index contributed by atoms with van der Waals surface area (Å²) < 4.78 is 0. The highest BCUT2D eigenvalue weighted by Gasteiger charge is 1.98. The van der Waals surface area contributed by atoms with E-state index in [2.05, 4.69) is 24.1 Å². The quantitative estimate of drug-likeness (QED) is 0.362. The molecule has 0 bridgehead atoms. The fraction of sp³-hybridized carbons (Fsp3) is 0.273. The minimum atomic E-state index is -0.800. The predicted octanol–water partition coefficient (Wildman–Crippen LogP) is 1.24. The van der Waals surface area contributed by atoms with Crippen LogP contribution < -0.4 is 11.2 Å². The fourth-order valence-electron chi connectivity index (χ4n) is 1.24. The molecule has 0 fully saturated rings. The van der Waals surface area contributed by atoms with Gasteiger partial charge in [-0.1, -0.05) is 43.5 Å². The summed E-state index contributed by atoms with van der Waals surface area (Å²) in [6.45, 7) is 4.22. The van der Waals surface area contributed by atoms with Crippen molar-refractivity contribution in [1.29, 1.82) is 0 Å². The Morgan fingerprint density at radius 2 is 2.06 bits per heavy atom. The lowest BCUT2D eigenvalue weighted by molar-refractivity contribution is -0.525. The summed E-state index contributed by atoms with van der Waals surface area (Å²) in [6, 6.07) is 7.78. The van der Waals surface area contributed by atoms with Gasteiger partial charge in [-0.05, 0) is 17.0 Å². The molecule has 0 saturated heterocycles. The van der Waals surface area contributed by atoms with Crippen LogP contribution in [0.3, 0.4) is 0 Å². The molecule has 0 aliphatic carbocycles. The van der Waals surface area contributed by atoms with Gasteiger partial charge < -0.3 is 5.73 Å². The second kappa shape index (κ2) is 6.33. The first kappa shape index (κ1) is 13.6. The molecule has 96 valence electrons. The molecular weight excluding hydrogens is 234 g/mol. The largest absolute Gasteiger partial charge is 0.364 e. The van der Waals surface area contributed by atoms with E-state index in [1.54, 1.807) is 5.43 Å². The summed E-state index contributed by atoms with van der Waals surface area (Å²) in [5.41, 5.74) is 8.95. The molecule has 0 saturated carbocycles. The van der Waals surface area contributed by atoms with Crippen molar-refractivity contribution in [3.8, 4) is 0 Å². The minimum Gasteiger partial charge on any atom is -0.364 e. The number of rotatable bonds is 4. The molecule has 0 unspecified atom stereocenters. The van der Waals surface area contributed by atoms with Crippen molar-refractivity contribution in [2.45, 2.75) is 19.8 Å². The number of nitrogens with zero attached hydrogens (tertiary/aromatic N) is 3. The Balaban J connectivity index is 2.64. The molecule has 7 nitrogen and oxygen atoms in total. The number of benzene rings is 1. The molecule has 7 heteroatoms. The summed E-state index contributed by atoms with van der Waals surface area (Å²) in [7, 11) is 0. The Morgan fingerprint density at radius 1 is 1.44 bits per heavy atom. The third-order valence-electron chi connectivity index (χ3n) is 2.18. The lowest BCUT2D eigenvalue weighted by atomic mass is 10.0. The Kier molecular flexibility index (Phi) is 4.79. The van der Waals surface area contributed by atoms with Crippen LogP contribution in [-0.4, -0.2) is 17.2 Å². The van der Waals surface area contributed by atoms with Crippen molar-refractivity contribution in [3.05, 3.63) is 45.5 Å². The van der Waals surface area contributed by atoms with Gasteiger partial charge in [0.25, 0.3) is 5.96 Å². The van der Waals surface area contributed by atoms with Gasteiger partial charge >= 0.3 is 0 Å². The number of hydrogen-bond donors (Lipinski definition) is 2. The number of hydrazine groups is 1. The Bertz CT molecular complexity index is 465. The van der Waals surface area contributed by atoms with Crippen LogP contribution in [0.1, 0.15) is 30.9 Å². The number of nitro groups is 1. The summed E-state index contributed by atoms with van der Waals surface area (Å²) in [5.74, 6) is 0.101. The number of nitrogens with two attached hydrogens (primary N) is 1. The predicted molar refractivity (Wildman–Crippen MR) is 69.9 cm³/mol. The molecule has 0 radical (unpaired) electrons. The topological polar surface area (TPSA) is 106 Å². The zero-order valence-corrected chi connectivity index (χ0v) is 10.2. The summed E-state index contributed by atoms with van der Waals surface area (Å²) in [4.78, 5) is 10.0. The highest BCUT2D eigenvalue weighted by Crippen LogP contribution is 2.13. The van der Waals surface area contributed by atoms with Crippen molar-refractivity contribution in [2.75, 3.05) is 0 Å². The second-order valence-electron chi connectivity index (χ2n) is 3.92. The van der Waals surface area contributed by atoms with Crippen LogP contribution in [0.5, 0.6) is 0 Å². The van der Waals surface area contributed by atoms with Gasteiger partial charge in [-0.2, -0.15) is 5.10 Å². The van der Waals surface area contributed by atoms with E-state index in [1.807, 2.05) is 24.3 Å². The monoisotopic (exact) mass is 249 g/mol. The van der Waals surface area contributed by atoms with Crippen LogP contribution in [0.4, 0.5) is 0 Å². The maximum absolute atomic E-state index is 10.0. The SMILES string of the molecule is CC(C)c1ccc(/C=N/N=C(/N)N[N+](=O)[O-])cc1. The van der Waals surface area contributed by atoms with E-state index < -0.39 is 5.03 Å². The zero-order chi connectivity index (χ0) is 13.5. The van der Waals surface area contributed by atoms with Gasteiger partial charge in [-0.25, -0.2) is 10.1 Å². The molecule has 3 N–H and O–H groups in total. The molecule has 0 spiro atoms. The van der Waals surface area contributed by atoms with Gasteiger partial charge in [0.15, 0.2) is 5.03 Å². The Labute approximate surface area is 105 Å². The van der Waals surface area contributed by atoms with Crippen LogP contribution in [0.25, 0.3) is 0 Å². The van der Waals surface area contributed by atoms with E-state index in [0.717, 1.165) is 5.56 Å². The van der Waals surface area contributed by atoms with Crippen molar-refractivity contribution < 1.29 is 5.03 Å². The van der Waals surface area contributed by atoms with Crippen LogP contribution in [0, 0.1) is 10.1 Å². The highest BCUT2D eigenvalue weighted by atomic mass is 16.7. The normalized spacial score (nSPS) is 12.1. The molecule has 1 aromatic carbocycles. The molecule has 0 aliphatic heterocycles. The first-order chi connectivity index (χ1) is 8.49. The van der Waals surface area contributed by atoms with Crippen molar-refractivity contribution in [3.63, 3.8) is 0 Å². The highest BCUT2D eigenvalue weighted by molar-refractivity contribution is 5.81. The standard InChI is InChI=1S/C11H15N5O2/c1-8(2)10-5-3-9(4-6-10)7-13-14-11(12)15-16(17)18/h3-8H,1-2H3,(H3,12,14,15)/b13-7+. The summed E-state index contributed by atoms with van der Waals surface area (Å²) in [6.07, 6.45) is 1.47. The molecule has 0 atom stereocenters. The third kappa shape index (κ3) is 4.60. The van der Waals surface area contributed by atoms with Crippen molar-refractivity contribution in [1.82, 2.24) is 5.43 Å². The number of hydrogen-bond acceptors (Lipinski definition) is 4. The molecule has 18 heavy (non-hydrogen) atoms. The summed E-state index contributed by atoms with van der Waals surface area (Å²) in [5, 5.41) is 16.3. The van der Waals surface area contributed by atoms with Crippen LogP contribution in [0.15, 0.2) is 34.5 Å². The van der Waals surface area contributed by atoms with E-state index in [1.165, 1.54) is 11.8 Å². The molecule has 1 rings (SSSR count). The molecule has 0 heterocycles. The second-order valence-corrected chi connectivity index (χ2v) is 3.92. The maximum Gasteiger partial charge on any atom is 0.275 e. The van der Waals surface area contributed by atoms with E-state index in [9.17, 15) is 10.1 Å². The van der Waals surface area contributed by atoms with Gasteiger partial charge in [0, 0.05) is 0 Å². The lowest BCUT2D eigenvalue weighted by Gasteiger charge is -2.03. The van der Waals surface area contributed by atoms with Crippen molar-refractivity contribution >= 4 is 12.2 Å². The smallest absolute Gasteiger partial charge is 0.275 e. The van der Waals surface area contributed by atoms with Gasteiger partial charge in [0.2, 0.25) is 0 Å². The first-order valence-corrected chi connectivity index (χ1v) is 5.36. The van der Waals surface area contributed by atoms with Crippen LogP contribution >= 0.6 is 0 Å². The van der Waals surface area contributed by atoms with Gasteiger partial charge in [0.05, 0.1) is 6.21 Å². The number of guanidine groups is 1. The zero-order valence-electron chi connectivity index (χ0n) is 10.2.